The molecule has 2 aromatic carbocycles. The summed E-state index contributed by atoms with van der Waals surface area (Å²) in [5.74, 6) is -0.737. The SMILES string of the molecule is NC(=O)[C@H](c1ccc(F)cc1)N1CCCc2ccccc21. The molecule has 0 saturated heterocycles. The number of fused-ring (bicyclic) bond motifs is 1. The largest absolute Gasteiger partial charge is 0.368 e. The van der Waals surface area contributed by atoms with Gasteiger partial charge in [0.15, 0.2) is 0 Å². The van der Waals surface area contributed by atoms with Crippen LogP contribution in [0.1, 0.15) is 23.6 Å². The van der Waals surface area contributed by atoms with E-state index in [2.05, 4.69) is 6.07 Å². The average Bonchev–Trinajstić information content (AvgIpc) is 2.49. The molecule has 1 heterocycles. The van der Waals surface area contributed by atoms with Crippen LogP contribution in [0.15, 0.2) is 48.5 Å². The normalized spacial score (nSPS) is 15.4. The number of hydrogen-bond acceptors (Lipinski definition) is 2. The Morgan fingerprint density at radius 3 is 2.57 bits per heavy atom. The van der Waals surface area contributed by atoms with Crippen LogP contribution < -0.4 is 10.6 Å². The van der Waals surface area contributed by atoms with Gasteiger partial charge in [0.25, 0.3) is 0 Å². The molecule has 108 valence electrons. The monoisotopic (exact) mass is 284 g/mol. The molecule has 4 heteroatoms. The summed E-state index contributed by atoms with van der Waals surface area (Å²) in [7, 11) is 0. The molecule has 21 heavy (non-hydrogen) atoms. The molecule has 3 rings (SSSR count). The van der Waals surface area contributed by atoms with Gasteiger partial charge in [-0.05, 0) is 42.2 Å². The Labute approximate surface area is 123 Å². The van der Waals surface area contributed by atoms with Gasteiger partial charge in [-0.1, -0.05) is 30.3 Å². The van der Waals surface area contributed by atoms with Crippen LogP contribution in [0, 0.1) is 5.82 Å². The number of para-hydroxylation sites is 1. The number of hydrogen-bond donors (Lipinski definition) is 1. The van der Waals surface area contributed by atoms with Gasteiger partial charge in [0.05, 0.1) is 0 Å². The Bertz CT molecular complexity index is 654. The van der Waals surface area contributed by atoms with E-state index in [9.17, 15) is 9.18 Å². The predicted octanol–water partition coefficient (Wildman–Crippen LogP) is 2.80. The molecular formula is C17H17FN2O. The molecule has 0 unspecified atom stereocenters. The third-order valence-corrected chi connectivity index (χ3v) is 3.91. The first-order chi connectivity index (χ1) is 10.2. The lowest BCUT2D eigenvalue weighted by atomic mass is 9.96. The second kappa shape index (κ2) is 5.56. The van der Waals surface area contributed by atoms with E-state index in [0.717, 1.165) is 30.6 Å². The van der Waals surface area contributed by atoms with Crippen molar-refractivity contribution >= 4 is 11.6 Å². The molecule has 0 aromatic heterocycles. The van der Waals surface area contributed by atoms with Gasteiger partial charge in [0, 0.05) is 12.2 Å². The zero-order valence-electron chi connectivity index (χ0n) is 11.6. The van der Waals surface area contributed by atoms with Crippen LogP contribution in [0.5, 0.6) is 0 Å². The number of nitrogens with zero attached hydrogens (tertiary/aromatic N) is 1. The molecule has 0 aliphatic carbocycles. The number of nitrogens with two attached hydrogens (primary N) is 1. The maximum Gasteiger partial charge on any atom is 0.244 e. The summed E-state index contributed by atoms with van der Waals surface area (Å²) >= 11 is 0. The highest BCUT2D eigenvalue weighted by molar-refractivity contribution is 5.85. The number of aryl methyl sites for hydroxylation is 1. The maximum absolute atomic E-state index is 13.1. The van der Waals surface area contributed by atoms with E-state index >= 15 is 0 Å². The summed E-state index contributed by atoms with van der Waals surface area (Å²) in [6.45, 7) is 0.766. The van der Waals surface area contributed by atoms with Crippen LogP contribution >= 0.6 is 0 Å². The molecule has 0 radical (unpaired) electrons. The number of amides is 1. The first-order valence-corrected chi connectivity index (χ1v) is 7.06. The van der Waals surface area contributed by atoms with Gasteiger partial charge in [0.1, 0.15) is 11.9 Å². The van der Waals surface area contributed by atoms with Crippen molar-refractivity contribution in [3.63, 3.8) is 0 Å². The van der Waals surface area contributed by atoms with E-state index in [4.69, 9.17) is 5.73 Å². The topological polar surface area (TPSA) is 46.3 Å². The lowest BCUT2D eigenvalue weighted by Crippen LogP contribution is -2.40. The van der Waals surface area contributed by atoms with Crippen molar-refractivity contribution in [2.24, 2.45) is 5.73 Å². The van der Waals surface area contributed by atoms with E-state index in [1.54, 1.807) is 12.1 Å². The Morgan fingerprint density at radius 2 is 1.86 bits per heavy atom. The van der Waals surface area contributed by atoms with Gasteiger partial charge >= 0.3 is 0 Å². The molecule has 0 fully saturated rings. The Hall–Kier alpha value is -2.36. The number of anilines is 1. The summed E-state index contributed by atoms with van der Waals surface area (Å²) in [6.07, 6.45) is 1.98. The molecule has 3 nitrogen and oxygen atoms in total. The number of carbonyl (C=O) groups excluding carboxylic acids is 1. The Kier molecular flexibility index (Phi) is 3.60. The Balaban J connectivity index is 2.03. The van der Waals surface area contributed by atoms with Crippen molar-refractivity contribution in [3.8, 4) is 0 Å². The maximum atomic E-state index is 13.1. The number of benzene rings is 2. The summed E-state index contributed by atoms with van der Waals surface area (Å²) in [6, 6.07) is 13.5. The second-order valence-electron chi connectivity index (χ2n) is 5.28. The number of halogens is 1. The highest BCUT2D eigenvalue weighted by atomic mass is 19.1. The van der Waals surface area contributed by atoms with Crippen LogP contribution in [0.3, 0.4) is 0 Å². The van der Waals surface area contributed by atoms with Crippen LogP contribution in [-0.2, 0) is 11.2 Å². The predicted molar refractivity (Wildman–Crippen MR) is 80.4 cm³/mol. The van der Waals surface area contributed by atoms with E-state index in [1.165, 1.54) is 17.7 Å². The second-order valence-corrected chi connectivity index (χ2v) is 5.28. The summed E-state index contributed by atoms with van der Waals surface area (Å²) in [5.41, 5.74) is 8.60. The first kappa shape index (κ1) is 13.6. The van der Waals surface area contributed by atoms with Crippen molar-refractivity contribution in [1.29, 1.82) is 0 Å². The van der Waals surface area contributed by atoms with Gasteiger partial charge in [0.2, 0.25) is 5.91 Å². The minimum atomic E-state index is -0.563. The van der Waals surface area contributed by atoms with Crippen molar-refractivity contribution in [2.75, 3.05) is 11.4 Å². The number of primary amides is 1. The van der Waals surface area contributed by atoms with Crippen molar-refractivity contribution in [3.05, 3.63) is 65.5 Å². The summed E-state index contributed by atoms with van der Waals surface area (Å²) in [5, 5.41) is 0. The minimum absolute atomic E-state index is 0.319. The third kappa shape index (κ3) is 2.61. The average molecular weight is 284 g/mol. The van der Waals surface area contributed by atoms with E-state index in [0.29, 0.717) is 0 Å². The van der Waals surface area contributed by atoms with Crippen molar-refractivity contribution in [2.45, 2.75) is 18.9 Å². The van der Waals surface area contributed by atoms with Crippen molar-refractivity contribution < 1.29 is 9.18 Å². The van der Waals surface area contributed by atoms with E-state index in [1.807, 2.05) is 23.1 Å². The molecule has 1 aliphatic heterocycles. The van der Waals surface area contributed by atoms with Gasteiger partial charge in [-0.2, -0.15) is 0 Å². The smallest absolute Gasteiger partial charge is 0.244 e. The number of rotatable bonds is 3. The third-order valence-electron chi connectivity index (χ3n) is 3.91. The van der Waals surface area contributed by atoms with Gasteiger partial charge < -0.3 is 10.6 Å². The summed E-state index contributed by atoms with van der Waals surface area (Å²) < 4.78 is 13.1. The fraction of sp³-hybridized carbons (Fsp3) is 0.235. The van der Waals surface area contributed by atoms with Crippen LogP contribution in [-0.4, -0.2) is 12.5 Å². The van der Waals surface area contributed by atoms with Crippen molar-refractivity contribution in [1.82, 2.24) is 0 Å². The van der Waals surface area contributed by atoms with Crippen LogP contribution in [0.2, 0.25) is 0 Å². The van der Waals surface area contributed by atoms with E-state index in [-0.39, 0.29) is 5.82 Å². The molecule has 2 N–H and O–H groups in total. The van der Waals surface area contributed by atoms with Gasteiger partial charge in [-0.15, -0.1) is 0 Å². The minimum Gasteiger partial charge on any atom is -0.368 e. The molecule has 0 bridgehead atoms. The van der Waals surface area contributed by atoms with Crippen LogP contribution in [0.4, 0.5) is 10.1 Å². The zero-order chi connectivity index (χ0) is 14.8. The fourth-order valence-electron chi connectivity index (χ4n) is 2.97. The highest BCUT2D eigenvalue weighted by Crippen LogP contribution is 2.34. The molecule has 1 atom stereocenters. The van der Waals surface area contributed by atoms with Gasteiger partial charge in [-0.25, -0.2) is 4.39 Å². The molecule has 1 amide bonds. The number of carbonyl (C=O) groups is 1. The quantitative estimate of drug-likeness (QED) is 0.942. The fourth-order valence-corrected chi connectivity index (χ4v) is 2.97. The Morgan fingerprint density at radius 1 is 1.14 bits per heavy atom. The van der Waals surface area contributed by atoms with E-state index < -0.39 is 11.9 Å². The van der Waals surface area contributed by atoms with Crippen LogP contribution in [0.25, 0.3) is 0 Å². The lowest BCUT2D eigenvalue weighted by molar-refractivity contribution is -0.119. The molecule has 0 saturated carbocycles. The highest BCUT2D eigenvalue weighted by Gasteiger charge is 2.29. The molecular weight excluding hydrogens is 267 g/mol. The lowest BCUT2D eigenvalue weighted by Gasteiger charge is -2.36. The molecule has 2 aromatic rings. The zero-order valence-corrected chi connectivity index (χ0v) is 11.6. The standard InChI is InChI=1S/C17H17FN2O/c18-14-9-7-13(8-10-14)16(17(19)21)20-11-3-5-12-4-1-2-6-15(12)20/h1-2,4,6-10,16H,3,5,11H2,(H2,19,21)/t16-/m0/s1. The summed E-state index contributed by atoms with van der Waals surface area (Å²) in [4.78, 5) is 14.0. The van der Waals surface area contributed by atoms with Gasteiger partial charge in [-0.3, -0.25) is 4.79 Å². The molecule has 0 spiro atoms. The first-order valence-electron chi connectivity index (χ1n) is 7.06. The molecule has 1 aliphatic rings.